The third kappa shape index (κ3) is 3.87. The van der Waals surface area contributed by atoms with E-state index in [1.54, 1.807) is 10.2 Å². The molecule has 6 heteroatoms. The van der Waals surface area contributed by atoms with E-state index in [1.807, 2.05) is 68.8 Å². The first-order chi connectivity index (χ1) is 12.1. The van der Waals surface area contributed by atoms with Gasteiger partial charge in [0, 0.05) is 24.5 Å². The molecule has 6 nitrogen and oxygen atoms in total. The minimum atomic E-state index is -0.619. The molecule has 3 rings (SSSR count). The lowest BCUT2D eigenvalue weighted by Gasteiger charge is -2.15. The van der Waals surface area contributed by atoms with Crippen molar-refractivity contribution in [2.24, 2.45) is 0 Å². The quantitative estimate of drug-likeness (QED) is 0.535. The van der Waals surface area contributed by atoms with Crippen molar-refractivity contribution in [3.8, 4) is 0 Å². The molecule has 0 aliphatic rings. The van der Waals surface area contributed by atoms with E-state index in [4.69, 9.17) is 5.21 Å². The average molecular weight is 338 g/mol. The standard InChI is InChI=1S/C19H22N4O2/c1-22(2)12-15-9-6-10-16-13-23(20-18(15)16)17(19(24)21-25)11-14-7-4-3-5-8-14/h3-10,13,17,25H,11-12H2,1-2H3,(H,21,24). The molecule has 0 fully saturated rings. The molecular formula is C19H22N4O2. The van der Waals surface area contributed by atoms with Crippen molar-refractivity contribution < 1.29 is 10.0 Å². The van der Waals surface area contributed by atoms with E-state index in [0.29, 0.717) is 6.42 Å². The number of benzene rings is 2. The summed E-state index contributed by atoms with van der Waals surface area (Å²) < 4.78 is 1.64. The first-order valence-corrected chi connectivity index (χ1v) is 8.18. The van der Waals surface area contributed by atoms with Crippen molar-refractivity contribution >= 4 is 16.8 Å². The number of fused-ring (bicyclic) bond motifs is 1. The number of nitrogens with zero attached hydrogens (tertiary/aromatic N) is 3. The molecule has 0 bridgehead atoms. The SMILES string of the molecule is CN(C)Cc1cccc2cn(C(Cc3ccccc3)C(=O)NO)nc12. The Balaban J connectivity index is 1.99. The minimum Gasteiger partial charge on any atom is -0.305 e. The Kier molecular flexibility index (Phi) is 5.11. The zero-order valence-electron chi connectivity index (χ0n) is 14.4. The molecule has 130 valence electrons. The molecule has 0 aliphatic heterocycles. The molecule has 0 radical (unpaired) electrons. The number of hydrogen-bond acceptors (Lipinski definition) is 4. The summed E-state index contributed by atoms with van der Waals surface area (Å²) in [7, 11) is 4.01. The second kappa shape index (κ2) is 7.46. The van der Waals surface area contributed by atoms with Crippen LogP contribution in [0.5, 0.6) is 0 Å². The Hall–Kier alpha value is -2.70. The molecule has 1 amide bonds. The summed E-state index contributed by atoms with van der Waals surface area (Å²) in [6.45, 7) is 0.768. The highest BCUT2D eigenvalue weighted by Gasteiger charge is 2.22. The maximum absolute atomic E-state index is 12.2. The van der Waals surface area contributed by atoms with Crippen LogP contribution in [-0.2, 0) is 17.8 Å². The molecule has 1 aromatic heterocycles. The van der Waals surface area contributed by atoms with Gasteiger partial charge in [-0.1, -0.05) is 48.5 Å². The number of nitrogens with one attached hydrogen (secondary N) is 1. The third-order valence-electron chi connectivity index (χ3n) is 4.13. The lowest BCUT2D eigenvalue weighted by molar-refractivity contribution is -0.132. The van der Waals surface area contributed by atoms with Crippen molar-refractivity contribution in [1.29, 1.82) is 0 Å². The highest BCUT2D eigenvalue weighted by atomic mass is 16.5. The highest BCUT2D eigenvalue weighted by molar-refractivity contribution is 5.83. The molecule has 1 heterocycles. The van der Waals surface area contributed by atoms with Crippen LogP contribution in [0.25, 0.3) is 10.9 Å². The van der Waals surface area contributed by atoms with Gasteiger partial charge in [0.05, 0.1) is 5.52 Å². The van der Waals surface area contributed by atoms with Gasteiger partial charge < -0.3 is 4.90 Å². The van der Waals surface area contributed by atoms with Crippen molar-refractivity contribution in [3.63, 3.8) is 0 Å². The van der Waals surface area contributed by atoms with Crippen LogP contribution >= 0.6 is 0 Å². The van der Waals surface area contributed by atoms with Crippen molar-refractivity contribution in [1.82, 2.24) is 20.2 Å². The van der Waals surface area contributed by atoms with Crippen LogP contribution in [0.2, 0.25) is 0 Å². The predicted molar refractivity (Wildman–Crippen MR) is 96.2 cm³/mol. The Morgan fingerprint density at radius 3 is 2.64 bits per heavy atom. The first-order valence-electron chi connectivity index (χ1n) is 8.18. The number of rotatable bonds is 6. The van der Waals surface area contributed by atoms with Crippen molar-refractivity contribution in [2.45, 2.75) is 19.0 Å². The Morgan fingerprint density at radius 1 is 1.20 bits per heavy atom. The van der Waals surface area contributed by atoms with Crippen LogP contribution in [-0.4, -0.2) is 39.9 Å². The van der Waals surface area contributed by atoms with Gasteiger partial charge in [-0.15, -0.1) is 0 Å². The van der Waals surface area contributed by atoms with Gasteiger partial charge in [-0.05, 0) is 25.2 Å². The Bertz CT molecular complexity index is 858. The number of aromatic nitrogens is 2. The average Bonchev–Trinajstić information content (AvgIpc) is 3.04. The Morgan fingerprint density at radius 2 is 1.96 bits per heavy atom. The van der Waals surface area contributed by atoms with Gasteiger partial charge in [0.2, 0.25) is 0 Å². The first kappa shape index (κ1) is 17.1. The van der Waals surface area contributed by atoms with Gasteiger partial charge in [0.1, 0.15) is 6.04 Å². The molecule has 1 unspecified atom stereocenters. The van der Waals surface area contributed by atoms with E-state index in [-0.39, 0.29) is 0 Å². The monoisotopic (exact) mass is 338 g/mol. The fourth-order valence-corrected chi connectivity index (χ4v) is 2.97. The molecule has 0 spiro atoms. The van der Waals surface area contributed by atoms with Gasteiger partial charge in [0.25, 0.3) is 5.91 Å². The fraction of sp³-hybridized carbons (Fsp3) is 0.263. The van der Waals surface area contributed by atoms with Gasteiger partial charge in [-0.2, -0.15) is 5.10 Å². The number of hydroxylamine groups is 1. The van der Waals surface area contributed by atoms with Gasteiger partial charge in [-0.25, -0.2) is 5.48 Å². The normalized spacial score (nSPS) is 12.5. The van der Waals surface area contributed by atoms with Gasteiger partial charge in [-0.3, -0.25) is 14.7 Å². The zero-order valence-corrected chi connectivity index (χ0v) is 14.4. The van der Waals surface area contributed by atoms with Crippen molar-refractivity contribution in [2.75, 3.05) is 14.1 Å². The molecular weight excluding hydrogens is 316 g/mol. The molecule has 2 N–H and O–H groups in total. The summed E-state index contributed by atoms with van der Waals surface area (Å²) in [5.41, 5.74) is 4.75. The second-order valence-electron chi connectivity index (χ2n) is 6.38. The molecule has 2 aromatic carbocycles. The highest BCUT2D eigenvalue weighted by Crippen LogP contribution is 2.22. The summed E-state index contributed by atoms with van der Waals surface area (Å²) in [6, 6.07) is 15.1. The topological polar surface area (TPSA) is 70.4 Å². The Labute approximate surface area is 146 Å². The van der Waals surface area contributed by atoms with E-state index in [9.17, 15) is 4.79 Å². The second-order valence-corrected chi connectivity index (χ2v) is 6.38. The van der Waals surface area contributed by atoms with E-state index in [0.717, 1.165) is 28.6 Å². The van der Waals surface area contributed by atoms with Crippen LogP contribution in [0.15, 0.2) is 54.7 Å². The smallest absolute Gasteiger partial charge is 0.268 e. The van der Waals surface area contributed by atoms with Crippen LogP contribution in [0, 0.1) is 0 Å². The molecule has 3 aromatic rings. The van der Waals surface area contributed by atoms with E-state index in [1.165, 1.54) is 0 Å². The maximum atomic E-state index is 12.2. The molecule has 0 saturated heterocycles. The number of amides is 1. The molecule has 25 heavy (non-hydrogen) atoms. The van der Waals surface area contributed by atoms with E-state index < -0.39 is 11.9 Å². The summed E-state index contributed by atoms with van der Waals surface area (Å²) in [6.07, 6.45) is 2.31. The van der Waals surface area contributed by atoms with E-state index in [2.05, 4.69) is 10.00 Å². The van der Waals surface area contributed by atoms with Crippen LogP contribution in [0.4, 0.5) is 0 Å². The lowest BCUT2D eigenvalue weighted by Crippen LogP contribution is -2.32. The van der Waals surface area contributed by atoms with Gasteiger partial charge >= 0.3 is 0 Å². The minimum absolute atomic E-state index is 0.449. The molecule has 0 saturated carbocycles. The number of hydrogen-bond donors (Lipinski definition) is 2. The van der Waals surface area contributed by atoms with E-state index >= 15 is 0 Å². The number of carbonyl (C=O) groups is 1. The fourth-order valence-electron chi connectivity index (χ4n) is 2.97. The largest absolute Gasteiger partial charge is 0.305 e. The molecule has 0 aliphatic carbocycles. The predicted octanol–water partition coefficient (Wildman–Crippen LogP) is 2.39. The summed E-state index contributed by atoms with van der Waals surface area (Å²) in [5, 5.41) is 14.8. The van der Waals surface area contributed by atoms with Crippen LogP contribution < -0.4 is 5.48 Å². The third-order valence-corrected chi connectivity index (χ3v) is 4.13. The maximum Gasteiger partial charge on any atom is 0.268 e. The van der Waals surface area contributed by atoms with Gasteiger partial charge in [0.15, 0.2) is 0 Å². The number of carbonyl (C=O) groups excluding carboxylic acids is 1. The zero-order chi connectivity index (χ0) is 17.8. The lowest BCUT2D eigenvalue weighted by atomic mass is 10.1. The summed E-state index contributed by atoms with van der Waals surface area (Å²) in [5.74, 6) is -0.481. The molecule has 1 atom stereocenters. The van der Waals surface area contributed by atoms with Crippen LogP contribution in [0.3, 0.4) is 0 Å². The van der Waals surface area contributed by atoms with Crippen LogP contribution in [0.1, 0.15) is 17.2 Å². The van der Waals surface area contributed by atoms with Crippen molar-refractivity contribution in [3.05, 3.63) is 65.9 Å². The summed E-state index contributed by atoms with van der Waals surface area (Å²) in [4.78, 5) is 14.3. The summed E-state index contributed by atoms with van der Waals surface area (Å²) >= 11 is 0.